The number of benzene rings is 2. The highest BCUT2D eigenvalue weighted by Crippen LogP contribution is 2.25. The first-order valence-electron chi connectivity index (χ1n) is 10.3. The van der Waals surface area contributed by atoms with Crippen molar-refractivity contribution in [3.8, 4) is 11.4 Å². The van der Waals surface area contributed by atoms with Gasteiger partial charge in [-0.1, -0.05) is 25.5 Å². The van der Waals surface area contributed by atoms with Gasteiger partial charge >= 0.3 is 0 Å². The number of imidazole rings is 1. The maximum absolute atomic E-state index is 4.80. The number of aryl methyl sites for hydroxylation is 1. The zero-order valence-corrected chi connectivity index (χ0v) is 16.5. The second-order valence-corrected chi connectivity index (χ2v) is 7.64. The largest absolute Gasteiger partial charge is 0.370 e. The van der Waals surface area contributed by atoms with Gasteiger partial charge in [-0.05, 0) is 68.8 Å². The number of nitrogens with one attached hydrogen (secondary N) is 1. The standard InChI is InChI=1S/C23H30N4/c1-3-4-13-26-14-6-15-27(17-16-26)20-11-9-19(10-12-20)23-24-21-8-5-7-18(2)22(21)25-23/h5,7-12H,3-4,6,13-17H2,1-2H3,(H,24,25). The molecule has 4 rings (SSSR count). The van der Waals surface area contributed by atoms with Crippen molar-refractivity contribution in [1.29, 1.82) is 0 Å². The van der Waals surface area contributed by atoms with E-state index in [0.717, 1.165) is 35.5 Å². The summed E-state index contributed by atoms with van der Waals surface area (Å²) in [7, 11) is 0. The van der Waals surface area contributed by atoms with E-state index in [1.54, 1.807) is 0 Å². The molecule has 0 radical (unpaired) electrons. The molecule has 3 aromatic rings. The lowest BCUT2D eigenvalue weighted by molar-refractivity contribution is 0.289. The normalized spacial score (nSPS) is 16.0. The fourth-order valence-electron chi connectivity index (χ4n) is 3.98. The molecule has 1 aliphatic heterocycles. The van der Waals surface area contributed by atoms with Crippen LogP contribution < -0.4 is 4.90 Å². The van der Waals surface area contributed by atoms with Crippen LogP contribution in [0, 0.1) is 6.92 Å². The summed E-state index contributed by atoms with van der Waals surface area (Å²) >= 11 is 0. The first kappa shape index (κ1) is 18.1. The molecule has 0 bridgehead atoms. The highest BCUT2D eigenvalue weighted by atomic mass is 15.2. The smallest absolute Gasteiger partial charge is 0.138 e. The van der Waals surface area contributed by atoms with Crippen molar-refractivity contribution < 1.29 is 0 Å². The van der Waals surface area contributed by atoms with E-state index in [2.05, 4.69) is 71.1 Å². The third-order valence-corrected chi connectivity index (χ3v) is 5.64. The summed E-state index contributed by atoms with van der Waals surface area (Å²) in [5, 5.41) is 0. The predicted octanol–water partition coefficient (Wildman–Crippen LogP) is 4.85. The molecule has 1 aromatic heterocycles. The number of hydrogen-bond donors (Lipinski definition) is 1. The number of H-pyrrole nitrogens is 1. The van der Waals surface area contributed by atoms with E-state index < -0.39 is 0 Å². The van der Waals surface area contributed by atoms with Gasteiger partial charge < -0.3 is 14.8 Å². The van der Waals surface area contributed by atoms with Crippen LogP contribution in [0.3, 0.4) is 0 Å². The number of hydrogen-bond acceptors (Lipinski definition) is 3. The highest BCUT2D eigenvalue weighted by Gasteiger charge is 2.15. The van der Waals surface area contributed by atoms with Crippen LogP contribution in [0.4, 0.5) is 5.69 Å². The second kappa shape index (κ2) is 8.13. The van der Waals surface area contributed by atoms with E-state index in [0.29, 0.717) is 0 Å². The average Bonchev–Trinajstić information content (AvgIpc) is 3.00. The molecule has 4 nitrogen and oxygen atoms in total. The quantitative estimate of drug-likeness (QED) is 0.705. The van der Waals surface area contributed by atoms with Crippen molar-refractivity contribution in [2.24, 2.45) is 0 Å². The molecule has 4 heteroatoms. The van der Waals surface area contributed by atoms with Crippen LogP contribution in [0.15, 0.2) is 42.5 Å². The first-order chi connectivity index (χ1) is 13.2. The number of nitrogens with zero attached hydrogens (tertiary/aromatic N) is 3. The van der Waals surface area contributed by atoms with Crippen LogP contribution in [0.1, 0.15) is 31.7 Å². The zero-order chi connectivity index (χ0) is 18.6. The van der Waals surface area contributed by atoms with E-state index >= 15 is 0 Å². The van der Waals surface area contributed by atoms with Gasteiger partial charge in [-0.3, -0.25) is 0 Å². The van der Waals surface area contributed by atoms with Crippen LogP contribution >= 0.6 is 0 Å². The summed E-state index contributed by atoms with van der Waals surface area (Å²) in [6, 6.07) is 15.2. The van der Waals surface area contributed by atoms with E-state index in [4.69, 9.17) is 4.98 Å². The maximum Gasteiger partial charge on any atom is 0.138 e. The van der Waals surface area contributed by atoms with Gasteiger partial charge in [0.25, 0.3) is 0 Å². The van der Waals surface area contributed by atoms with E-state index in [1.807, 2.05) is 0 Å². The molecular weight excluding hydrogens is 332 g/mol. The number of aromatic nitrogens is 2. The minimum absolute atomic E-state index is 0.951. The summed E-state index contributed by atoms with van der Waals surface area (Å²) in [5.74, 6) is 0.951. The molecule has 0 atom stereocenters. The molecule has 1 fully saturated rings. The minimum atomic E-state index is 0.951. The van der Waals surface area contributed by atoms with Gasteiger partial charge in [0.15, 0.2) is 0 Å². The van der Waals surface area contributed by atoms with Gasteiger partial charge in [-0.25, -0.2) is 4.98 Å². The molecule has 142 valence electrons. The summed E-state index contributed by atoms with van der Waals surface area (Å²) in [6.45, 7) is 10.3. The molecule has 1 N–H and O–H groups in total. The zero-order valence-electron chi connectivity index (χ0n) is 16.5. The van der Waals surface area contributed by atoms with Crippen LogP contribution in [-0.2, 0) is 0 Å². The average molecular weight is 363 g/mol. The van der Waals surface area contributed by atoms with Crippen molar-refractivity contribution in [2.45, 2.75) is 33.1 Å². The molecule has 2 aromatic carbocycles. The Labute approximate surface area is 162 Å². The summed E-state index contributed by atoms with van der Waals surface area (Å²) < 4.78 is 0. The molecule has 27 heavy (non-hydrogen) atoms. The lowest BCUT2D eigenvalue weighted by atomic mass is 10.2. The summed E-state index contributed by atoms with van der Waals surface area (Å²) in [5.41, 5.74) is 5.85. The van der Waals surface area contributed by atoms with Crippen LogP contribution in [0.5, 0.6) is 0 Å². The second-order valence-electron chi connectivity index (χ2n) is 7.64. The topological polar surface area (TPSA) is 35.2 Å². The van der Waals surface area contributed by atoms with Gasteiger partial charge in [-0.15, -0.1) is 0 Å². The minimum Gasteiger partial charge on any atom is -0.370 e. The third-order valence-electron chi connectivity index (χ3n) is 5.64. The van der Waals surface area contributed by atoms with Gasteiger partial charge in [0, 0.05) is 30.9 Å². The van der Waals surface area contributed by atoms with Crippen molar-refractivity contribution in [2.75, 3.05) is 37.6 Å². The Balaban J connectivity index is 1.47. The van der Waals surface area contributed by atoms with E-state index in [-0.39, 0.29) is 0 Å². The highest BCUT2D eigenvalue weighted by molar-refractivity contribution is 5.82. The number of unbranched alkanes of at least 4 members (excludes halogenated alkanes) is 1. The van der Waals surface area contributed by atoms with Gasteiger partial charge in [0.2, 0.25) is 0 Å². The maximum atomic E-state index is 4.80. The lowest BCUT2D eigenvalue weighted by Gasteiger charge is -2.23. The summed E-state index contributed by atoms with van der Waals surface area (Å²) in [4.78, 5) is 13.4. The third kappa shape index (κ3) is 4.01. The van der Waals surface area contributed by atoms with Gasteiger partial charge in [0.05, 0.1) is 11.0 Å². The van der Waals surface area contributed by atoms with Crippen molar-refractivity contribution in [1.82, 2.24) is 14.9 Å². The van der Waals surface area contributed by atoms with Crippen LogP contribution in [-0.4, -0.2) is 47.6 Å². The fraction of sp³-hybridized carbons (Fsp3) is 0.435. The molecule has 0 amide bonds. The van der Waals surface area contributed by atoms with Gasteiger partial charge in [-0.2, -0.15) is 0 Å². The SMILES string of the molecule is CCCCN1CCCN(c2ccc(-c3nc4c(C)cccc4[nH]3)cc2)CC1. The number of aromatic amines is 1. The summed E-state index contributed by atoms with van der Waals surface area (Å²) in [6.07, 6.45) is 3.84. The van der Waals surface area contributed by atoms with Crippen molar-refractivity contribution >= 4 is 16.7 Å². The Kier molecular flexibility index (Phi) is 5.44. The Bertz CT molecular complexity index is 881. The molecule has 0 aliphatic carbocycles. The van der Waals surface area contributed by atoms with Gasteiger partial charge in [0.1, 0.15) is 5.82 Å². The molecule has 0 saturated carbocycles. The van der Waals surface area contributed by atoms with E-state index in [1.165, 1.54) is 50.1 Å². The lowest BCUT2D eigenvalue weighted by Crippen LogP contribution is -2.31. The van der Waals surface area contributed by atoms with Crippen LogP contribution in [0.25, 0.3) is 22.4 Å². The first-order valence-corrected chi connectivity index (χ1v) is 10.3. The number of para-hydroxylation sites is 1. The Hall–Kier alpha value is -2.33. The molecule has 2 heterocycles. The molecule has 1 saturated heterocycles. The number of rotatable bonds is 5. The predicted molar refractivity (Wildman–Crippen MR) is 114 cm³/mol. The molecule has 1 aliphatic rings. The number of fused-ring (bicyclic) bond motifs is 1. The Morgan fingerprint density at radius 3 is 2.63 bits per heavy atom. The molecular formula is C23H30N4. The molecule has 0 spiro atoms. The monoisotopic (exact) mass is 362 g/mol. The number of anilines is 1. The van der Waals surface area contributed by atoms with Crippen molar-refractivity contribution in [3.05, 3.63) is 48.0 Å². The van der Waals surface area contributed by atoms with Crippen LogP contribution in [0.2, 0.25) is 0 Å². The fourth-order valence-corrected chi connectivity index (χ4v) is 3.98. The molecule has 0 unspecified atom stereocenters. The van der Waals surface area contributed by atoms with Crippen molar-refractivity contribution in [3.63, 3.8) is 0 Å². The Morgan fingerprint density at radius 2 is 1.85 bits per heavy atom. The van der Waals surface area contributed by atoms with E-state index in [9.17, 15) is 0 Å². The Morgan fingerprint density at radius 1 is 1.00 bits per heavy atom.